The summed E-state index contributed by atoms with van der Waals surface area (Å²) in [6, 6.07) is 9.42. The first-order chi connectivity index (χ1) is 7.78. The Morgan fingerprint density at radius 1 is 1.50 bits per heavy atom. The van der Waals surface area contributed by atoms with Gasteiger partial charge in [0.15, 0.2) is 5.13 Å². The molecule has 1 aromatic heterocycles. The van der Waals surface area contributed by atoms with Gasteiger partial charge >= 0.3 is 0 Å². The molecule has 0 aliphatic carbocycles. The molecule has 4 nitrogen and oxygen atoms in total. The fraction of sp³-hybridized carbons (Fsp3) is 0.0909. The van der Waals surface area contributed by atoms with E-state index in [4.69, 9.17) is 11.0 Å². The van der Waals surface area contributed by atoms with Gasteiger partial charge < -0.3 is 11.1 Å². The first kappa shape index (κ1) is 10.5. The molecule has 0 fully saturated rings. The minimum absolute atomic E-state index is 0.572. The highest BCUT2D eigenvalue weighted by Gasteiger charge is 1.99. The molecule has 0 aliphatic heterocycles. The SMILES string of the molecule is N#Cc1cccc(NCc2csc(N)n2)c1. The molecule has 2 rings (SSSR count). The number of anilines is 2. The van der Waals surface area contributed by atoms with Crippen LogP contribution < -0.4 is 11.1 Å². The standard InChI is InChI=1S/C11H10N4S/c12-5-8-2-1-3-9(4-8)14-6-10-7-16-11(13)15-10/h1-4,7,14H,6H2,(H2,13,15). The summed E-state index contributed by atoms with van der Waals surface area (Å²) in [5, 5.41) is 14.4. The zero-order chi connectivity index (χ0) is 11.4. The molecule has 1 aromatic carbocycles. The average molecular weight is 230 g/mol. The molecule has 2 aromatic rings. The number of nitriles is 1. The van der Waals surface area contributed by atoms with Gasteiger partial charge in [0.2, 0.25) is 0 Å². The Kier molecular flexibility index (Phi) is 3.03. The first-order valence-corrected chi connectivity index (χ1v) is 5.60. The van der Waals surface area contributed by atoms with Gasteiger partial charge in [-0.3, -0.25) is 0 Å². The van der Waals surface area contributed by atoms with Crippen LogP contribution in [-0.2, 0) is 6.54 Å². The number of nitrogens with two attached hydrogens (primary N) is 1. The molecule has 1 heterocycles. The molecule has 0 atom stereocenters. The van der Waals surface area contributed by atoms with Crippen LogP contribution in [0.3, 0.4) is 0 Å². The summed E-state index contributed by atoms with van der Waals surface area (Å²) < 4.78 is 0. The number of thiazole rings is 1. The molecule has 0 aliphatic rings. The first-order valence-electron chi connectivity index (χ1n) is 4.72. The second-order valence-corrected chi connectivity index (χ2v) is 4.11. The monoisotopic (exact) mass is 230 g/mol. The normalized spacial score (nSPS) is 9.69. The van der Waals surface area contributed by atoms with Crippen molar-refractivity contribution >= 4 is 22.2 Å². The lowest BCUT2D eigenvalue weighted by Crippen LogP contribution is -2.00. The fourth-order valence-corrected chi connectivity index (χ4v) is 1.86. The van der Waals surface area contributed by atoms with E-state index in [0.717, 1.165) is 11.4 Å². The highest BCUT2D eigenvalue weighted by atomic mass is 32.1. The highest BCUT2D eigenvalue weighted by Crippen LogP contribution is 2.14. The van der Waals surface area contributed by atoms with Crippen LogP contribution in [0.1, 0.15) is 11.3 Å². The minimum atomic E-state index is 0.572. The molecule has 0 spiro atoms. The second kappa shape index (κ2) is 4.64. The molecule has 0 amide bonds. The maximum atomic E-state index is 8.75. The number of hydrogen-bond donors (Lipinski definition) is 2. The van der Waals surface area contributed by atoms with E-state index in [2.05, 4.69) is 16.4 Å². The lowest BCUT2D eigenvalue weighted by molar-refractivity contribution is 1.08. The molecule has 80 valence electrons. The number of benzene rings is 1. The predicted molar refractivity (Wildman–Crippen MR) is 65.0 cm³/mol. The van der Waals surface area contributed by atoms with Crippen LogP contribution in [0.4, 0.5) is 10.8 Å². The lowest BCUT2D eigenvalue weighted by Gasteiger charge is -2.03. The summed E-state index contributed by atoms with van der Waals surface area (Å²) in [4.78, 5) is 4.14. The molecule has 0 bridgehead atoms. The average Bonchev–Trinajstić information content (AvgIpc) is 2.73. The van der Waals surface area contributed by atoms with Crippen molar-refractivity contribution in [2.75, 3.05) is 11.1 Å². The molecular weight excluding hydrogens is 220 g/mol. The Balaban J connectivity index is 2.02. The molecule has 0 unspecified atom stereocenters. The number of nitrogen functional groups attached to an aromatic ring is 1. The minimum Gasteiger partial charge on any atom is -0.379 e. The number of nitrogens with one attached hydrogen (secondary N) is 1. The van der Waals surface area contributed by atoms with Crippen molar-refractivity contribution in [3.8, 4) is 6.07 Å². The quantitative estimate of drug-likeness (QED) is 0.847. The van der Waals surface area contributed by atoms with Crippen molar-refractivity contribution in [3.05, 3.63) is 40.9 Å². The van der Waals surface area contributed by atoms with E-state index >= 15 is 0 Å². The van der Waals surface area contributed by atoms with Gasteiger partial charge in [0.05, 0.1) is 23.9 Å². The fourth-order valence-electron chi connectivity index (χ4n) is 1.30. The number of hydrogen-bond acceptors (Lipinski definition) is 5. The summed E-state index contributed by atoms with van der Waals surface area (Å²) in [6.45, 7) is 0.614. The van der Waals surface area contributed by atoms with Gasteiger partial charge in [-0.2, -0.15) is 5.26 Å². The highest BCUT2D eigenvalue weighted by molar-refractivity contribution is 7.13. The summed E-state index contributed by atoms with van der Waals surface area (Å²) in [7, 11) is 0. The molecule has 5 heteroatoms. The van der Waals surface area contributed by atoms with Crippen molar-refractivity contribution < 1.29 is 0 Å². The van der Waals surface area contributed by atoms with Crippen LogP contribution >= 0.6 is 11.3 Å². The van der Waals surface area contributed by atoms with Crippen molar-refractivity contribution in [2.45, 2.75) is 6.54 Å². The summed E-state index contributed by atoms with van der Waals surface area (Å²) in [5.74, 6) is 0. The number of rotatable bonds is 3. The summed E-state index contributed by atoms with van der Waals surface area (Å²) in [6.07, 6.45) is 0. The second-order valence-electron chi connectivity index (χ2n) is 3.22. The van der Waals surface area contributed by atoms with E-state index in [1.54, 1.807) is 12.1 Å². The van der Waals surface area contributed by atoms with Crippen LogP contribution in [0.5, 0.6) is 0 Å². The zero-order valence-corrected chi connectivity index (χ0v) is 9.29. The van der Waals surface area contributed by atoms with Gasteiger partial charge in [-0.25, -0.2) is 4.98 Å². The summed E-state index contributed by atoms with van der Waals surface area (Å²) >= 11 is 1.42. The topological polar surface area (TPSA) is 74.7 Å². The molecule has 0 saturated carbocycles. The molecule has 0 saturated heterocycles. The van der Waals surface area contributed by atoms with E-state index in [0.29, 0.717) is 17.2 Å². The maximum absolute atomic E-state index is 8.75. The smallest absolute Gasteiger partial charge is 0.180 e. The van der Waals surface area contributed by atoms with Gasteiger partial charge in [0.25, 0.3) is 0 Å². The molecule has 3 N–H and O–H groups in total. The van der Waals surface area contributed by atoms with E-state index in [-0.39, 0.29) is 0 Å². The third-order valence-corrected chi connectivity index (χ3v) is 2.76. The van der Waals surface area contributed by atoms with Gasteiger partial charge in [-0.05, 0) is 18.2 Å². The van der Waals surface area contributed by atoms with Gasteiger partial charge in [0, 0.05) is 11.1 Å². The van der Waals surface area contributed by atoms with Crippen LogP contribution in [0, 0.1) is 11.3 Å². The van der Waals surface area contributed by atoms with Gasteiger partial charge in [-0.15, -0.1) is 11.3 Å². The van der Waals surface area contributed by atoms with E-state index < -0.39 is 0 Å². The Labute approximate surface area is 97.4 Å². The lowest BCUT2D eigenvalue weighted by atomic mass is 10.2. The summed E-state index contributed by atoms with van der Waals surface area (Å²) in [5.41, 5.74) is 7.99. The number of nitrogens with zero attached hydrogens (tertiary/aromatic N) is 2. The molecule has 16 heavy (non-hydrogen) atoms. The van der Waals surface area contributed by atoms with Crippen molar-refractivity contribution in [1.82, 2.24) is 4.98 Å². The zero-order valence-electron chi connectivity index (χ0n) is 8.47. The van der Waals surface area contributed by atoms with Gasteiger partial charge in [0.1, 0.15) is 0 Å². The van der Waals surface area contributed by atoms with Gasteiger partial charge in [-0.1, -0.05) is 6.07 Å². The van der Waals surface area contributed by atoms with E-state index in [1.807, 2.05) is 17.5 Å². The predicted octanol–water partition coefficient (Wildman–Crippen LogP) is 2.21. The van der Waals surface area contributed by atoms with Crippen molar-refractivity contribution in [2.24, 2.45) is 0 Å². The Bertz CT molecular complexity index is 527. The number of aromatic nitrogens is 1. The third-order valence-electron chi connectivity index (χ3n) is 2.03. The third kappa shape index (κ3) is 2.49. The maximum Gasteiger partial charge on any atom is 0.180 e. The molecular formula is C11H10N4S. The van der Waals surface area contributed by atoms with Crippen LogP contribution in [-0.4, -0.2) is 4.98 Å². The Hall–Kier alpha value is -2.06. The van der Waals surface area contributed by atoms with E-state index in [1.165, 1.54) is 11.3 Å². The van der Waals surface area contributed by atoms with Crippen LogP contribution in [0.15, 0.2) is 29.6 Å². The van der Waals surface area contributed by atoms with Crippen LogP contribution in [0.2, 0.25) is 0 Å². The molecule has 0 radical (unpaired) electrons. The Morgan fingerprint density at radius 3 is 3.06 bits per heavy atom. The van der Waals surface area contributed by atoms with Crippen LogP contribution in [0.25, 0.3) is 0 Å². The van der Waals surface area contributed by atoms with Crippen molar-refractivity contribution in [1.29, 1.82) is 5.26 Å². The Morgan fingerprint density at radius 2 is 2.38 bits per heavy atom. The van der Waals surface area contributed by atoms with E-state index in [9.17, 15) is 0 Å². The van der Waals surface area contributed by atoms with Crippen molar-refractivity contribution in [3.63, 3.8) is 0 Å². The largest absolute Gasteiger partial charge is 0.379 e.